The molecular formula is C14H6F2N4O. The second-order valence-electron chi connectivity index (χ2n) is 4.03. The minimum absolute atomic E-state index is 0.0310. The van der Waals surface area contributed by atoms with Crippen LogP contribution in [0.1, 0.15) is 6.93 Å². The van der Waals surface area contributed by atoms with Gasteiger partial charge in [0.25, 0.3) is 5.89 Å². The molecule has 1 aromatic carbocycles. The fraction of sp³-hybridized carbons (Fsp3) is 0. The largest absolute Gasteiger partial charge is 0.334 e. The van der Waals surface area contributed by atoms with E-state index in [1.807, 2.05) is 0 Å². The van der Waals surface area contributed by atoms with Crippen molar-refractivity contribution in [3.63, 3.8) is 0 Å². The van der Waals surface area contributed by atoms with E-state index in [4.69, 9.17) is 11.2 Å². The topological polar surface area (TPSA) is 75.6 Å². The van der Waals surface area contributed by atoms with Crippen LogP contribution in [0, 0.1) is 23.0 Å². The lowest BCUT2D eigenvalue weighted by atomic mass is 10.1. The average Bonchev–Trinajstić information content (AvgIpc) is 3.00. The Hall–Kier alpha value is -3.14. The molecule has 2 aromatic heterocycles. The highest BCUT2D eigenvalue weighted by molar-refractivity contribution is 5.59. The molecule has 0 unspecified atom stereocenters. The Labute approximate surface area is 118 Å². The highest BCUT2D eigenvalue weighted by Gasteiger charge is 2.13. The first-order chi connectivity index (χ1) is 10.6. The van der Waals surface area contributed by atoms with Crippen LogP contribution in [0.2, 0.25) is 0 Å². The van der Waals surface area contributed by atoms with Crippen LogP contribution in [-0.4, -0.2) is 15.1 Å². The zero-order valence-corrected chi connectivity index (χ0v) is 10.3. The van der Waals surface area contributed by atoms with Crippen LogP contribution in [0.5, 0.6) is 0 Å². The number of hydrogen-bond acceptors (Lipinski definition) is 5. The van der Waals surface area contributed by atoms with Gasteiger partial charge in [-0.3, -0.25) is 0 Å². The van der Waals surface area contributed by atoms with Crippen molar-refractivity contribution >= 4 is 0 Å². The van der Waals surface area contributed by atoms with E-state index in [0.29, 0.717) is 0 Å². The molecule has 0 amide bonds. The summed E-state index contributed by atoms with van der Waals surface area (Å²) in [5, 5.41) is 12.6. The monoisotopic (exact) mass is 286 g/mol. The van der Waals surface area contributed by atoms with Gasteiger partial charge in [-0.1, -0.05) is 5.16 Å². The van der Waals surface area contributed by atoms with Crippen molar-refractivity contribution in [2.24, 2.45) is 0 Å². The smallest absolute Gasteiger partial charge is 0.258 e. The van der Waals surface area contributed by atoms with E-state index in [-0.39, 0.29) is 28.5 Å². The molecule has 102 valence electrons. The van der Waals surface area contributed by atoms with Gasteiger partial charge in [0.05, 0.1) is 19.2 Å². The number of benzene rings is 1. The molecule has 0 atom stereocenters. The molecule has 5 nitrogen and oxygen atoms in total. The first-order valence-electron chi connectivity index (χ1n) is 6.24. The zero-order chi connectivity index (χ0) is 15.7. The van der Waals surface area contributed by atoms with Crippen molar-refractivity contribution in [3.05, 3.63) is 53.7 Å². The molecule has 0 aliphatic heterocycles. The van der Waals surface area contributed by atoms with E-state index in [1.165, 1.54) is 18.2 Å². The average molecular weight is 286 g/mol. The molecule has 3 aromatic rings. The quantitative estimate of drug-likeness (QED) is 0.724. The molecule has 0 saturated heterocycles. The zero-order valence-electron chi connectivity index (χ0n) is 11.3. The lowest BCUT2D eigenvalue weighted by Gasteiger charge is -1.96. The third-order valence-corrected chi connectivity index (χ3v) is 2.59. The second-order valence-corrected chi connectivity index (χ2v) is 4.03. The second kappa shape index (κ2) is 5.09. The number of nitrogens with zero attached hydrogens (tertiary/aromatic N) is 4. The normalized spacial score (nSPS) is 11.0. The molecule has 0 radical (unpaired) electrons. The summed E-state index contributed by atoms with van der Waals surface area (Å²) in [5.41, 5.74) is 0.315. The van der Waals surface area contributed by atoms with E-state index in [1.54, 1.807) is 6.07 Å². The van der Waals surface area contributed by atoms with Crippen LogP contribution < -0.4 is 0 Å². The van der Waals surface area contributed by atoms with E-state index in [9.17, 15) is 8.78 Å². The Morgan fingerprint density at radius 2 is 2.10 bits per heavy atom. The van der Waals surface area contributed by atoms with Gasteiger partial charge in [0, 0.05) is 5.56 Å². The van der Waals surface area contributed by atoms with Crippen LogP contribution in [0.25, 0.3) is 23.0 Å². The Kier molecular flexibility index (Phi) is 2.83. The van der Waals surface area contributed by atoms with Crippen LogP contribution in [0.3, 0.4) is 0 Å². The van der Waals surface area contributed by atoms with Crippen molar-refractivity contribution in [1.82, 2.24) is 15.1 Å². The molecule has 0 bridgehead atoms. The van der Waals surface area contributed by atoms with E-state index >= 15 is 0 Å². The summed E-state index contributed by atoms with van der Waals surface area (Å²) in [6.45, 7) is 0. The molecule has 0 saturated carbocycles. The van der Waals surface area contributed by atoms with Crippen molar-refractivity contribution in [1.29, 1.82) is 5.26 Å². The van der Waals surface area contributed by atoms with Gasteiger partial charge < -0.3 is 4.52 Å². The van der Waals surface area contributed by atoms with Crippen molar-refractivity contribution < 1.29 is 14.7 Å². The standard InChI is InChI=1S/C14H6F2N4O/c15-10-1-2-12(18-7-10)13-19-14(21-20-13)9-3-8(6-17)4-11(16)5-9/h1-5,7H/i4T. The predicted molar refractivity (Wildman–Crippen MR) is 67.6 cm³/mol. The van der Waals surface area contributed by atoms with E-state index in [2.05, 4.69) is 15.1 Å². The SMILES string of the molecule is [3H]c1c(F)cc(-c2nc(-c3ccc(F)cn3)no2)cc1C#N. The molecule has 0 fully saturated rings. The summed E-state index contributed by atoms with van der Waals surface area (Å²) >= 11 is 0. The van der Waals surface area contributed by atoms with Gasteiger partial charge in [0.2, 0.25) is 5.82 Å². The van der Waals surface area contributed by atoms with Gasteiger partial charge in [-0.25, -0.2) is 13.8 Å². The van der Waals surface area contributed by atoms with Gasteiger partial charge in [0.15, 0.2) is 0 Å². The van der Waals surface area contributed by atoms with Crippen molar-refractivity contribution in [2.75, 3.05) is 0 Å². The number of pyridine rings is 1. The fourth-order valence-electron chi connectivity index (χ4n) is 1.67. The summed E-state index contributed by atoms with van der Waals surface area (Å²) in [5.74, 6) is -1.30. The minimum Gasteiger partial charge on any atom is -0.334 e. The van der Waals surface area contributed by atoms with Crippen LogP contribution in [0.4, 0.5) is 8.78 Å². The number of rotatable bonds is 2. The molecule has 0 spiro atoms. The lowest BCUT2D eigenvalue weighted by molar-refractivity contribution is 0.431. The Morgan fingerprint density at radius 1 is 1.24 bits per heavy atom. The van der Waals surface area contributed by atoms with Gasteiger partial charge in [-0.15, -0.1) is 0 Å². The number of nitriles is 1. The molecule has 2 heterocycles. The number of aromatic nitrogens is 3. The van der Waals surface area contributed by atoms with Gasteiger partial charge in [0.1, 0.15) is 17.3 Å². The summed E-state index contributed by atoms with van der Waals surface area (Å²) < 4.78 is 38.8. The number of halogens is 2. The lowest BCUT2D eigenvalue weighted by Crippen LogP contribution is -1.87. The van der Waals surface area contributed by atoms with Gasteiger partial charge in [-0.05, 0) is 30.3 Å². The Balaban J connectivity index is 2.03. The maximum absolute atomic E-state index is 13.6. The highest BCUT2D eigenvalue weighted by atomic mass is 19.1. The van der Waals surface area contributed by atoms with E-state index < -0.39 is 17.7 Å². The molecule has 7 heteroatoms. The first kappa shape index (κ1) is 11.7. The predicted octanol–water partition coefficient (Wildman–Crippen LogP) is 2.95. The van der Waals surface area contributed by atoms with Crippen molar-refractivity contribution in [2.45, 2.75) is 0 Å². The van der Waals surface area contributed by atoms with Crippen LogP contribution in [0.15, 0.2) is 41.0 Å². The summed E-state index contributed by atoms with van der Waals surface area (Å²) in [4.78, 5) is 7.83. The molecule has 0 N–H and O–H groups in total. The fourth-order valence-corrected chi connectivity index (χ4v) is 1.67. The Morgan fingerprint density at radius 3 is 2.81 bits per heavy atom. The molecule has 0 aliphatic carbocycles. The third kappa shape index (κ3) is 2.60. The Bertz CT molecular complexity index is 887. The maximum atomic E-state index is 13.6. The maximum Gasteiger partial charge on any atom is 0.258 e. The molecular weight excluding hydrogens is 278 g/mol. The minimum atomic E-state index is -0.867. The third-order valence-electron chi connectivity index (χ3n) is 2.59. The number of hydrogen-bond donors (Lipinski definition) is 0. The summed E-state index contributed by atoms with van der Waals surface area (Å²) in [6.07, 6.45) is 1.01. The van der Waals surface area contributed by atoms with Crippen molar-refractivity contribution in [3.8, 4) is 29.0 Å². The summed E-state index contributed by atoms with van der Waals surface area (Å²) in [6, 6.07) is 6.10. The van der Waals surface area contributed by atoms with Gasteiger partial charge >= 0.3 is 0 Å². The highest BCUT2D eigenvalue weighted by Crippen LogP contribution is 2.23. The summed E-state index contributed by atoms with van der Waals surface area (Å²) in [7, 11) is 0. The van der Waals surface area contributed by atoms with E-state index in [0.717, 1.165) is 12.3 Å². The first-order valence-corrected chi connectivity index (χ1v) is 5.74. The molecule has 0 aliphatic rings. The molecule has 21 heavy (non-hydrogen) atoms. The van der Waals surface area contributed by atoms with Gasteiger partial charge in [-0.2, -0.15) is 10.2 Å². The molecule has 3 rings (SSSR count). The van der Waals surface area contributed by atoms with Crippen LogP contribution in [-0.2, 0) is 0 Å². The van der Waals surface area contributed by atoms with Crippen LogP contribution >= 0.6 is 0 Å².